The fourth-order valence-corrected chi connectivity index (χ4v) is 5.72. The predicted octanol–water partition coefficient (Wildman–Crippen LogP) is 3.12. The van der Waals surface area contributed by atoms with Gasteiger partial charge in [0.05, 0.1) is 36.6 Å². The normalized spacial score (nSPS) is 18.1. The Labute approximate surface area is 213 Å². The first kappa shape index (κ1) is 26.1. The first-order chi connectivity index (χ1) is 17.1. The third-order valence-electron chi connectivity index (χ3n) is 6.20. The second-order valence-electron chi connectivity index (χ2n) is 8.42. The number of hydroxylamine groups is 1. The summed E-state index contributed by atoms with van der Waals surface area (Å²) in [6.45, 7) is 0.423. The highest BCUT2D eigenvalue weighted by Gasteiger charge is 2.33. The number of phenolic OH excluding ortho intramolecular Hbond substituents is 1. The molecule has 36 heavy (non-hydrogen) atoms. The molecule has 1 saturated carbocycles. The Bertz CT molecular complexity index is 1420. The molecule has 0 bridgehead atoms. The molecule has 0 aromatic heterocycles. The maximum absolute atomic E-state index is 12.7. The molecule has 2 atom stereocenters. The van der Waals surface area contributed by atoms with Crippen LogP contribution in [0.1, 0.15) is 24.8 Å². The van der Waals surface area contributed by atoms with Gasteiger partial charge in [-0.05, 0) is 37.0 Å². The highest BCUT2D eigenvalue weighted by Crippen LogP contribution is 2.40. The molecule has 2 unspecified atom stereocenters. The quantitative estimate of drug-likeness (QED) is 0.203. The molecule has 3 N–H and O–H groups in total. The average molecular weight is 536 g/mol. The van der Waals surface area contributed by atoms with Gasteiger partial charge < -0.3 is 20.5 Å². The number of anilines is 3. The van der Waals surface area contributed by atoms with Gasteiger partial charge in [0.15, 0.2) is 5.75 Å². The summed E-state index contributed by atoms with van der Waals surface area (Å²) in [7, 11) is -2.02. The van der Waals surface area contributed by atoms with E-state index in [0.29, 0.717) is 11.1 Å². The van der Waals surface area contributed by atoms with Gasteiger partial charge in [0.2, 0.25) is 0 Å². The molecule has 0 spiro atoms. The number of hydrogen-bond donors (Lipinski definition) is 3. The highest BCUT2D eigenvalue weighted by atomic mass is 35.5. The zero-order chi connectivity index (χ0) is 26.0. The highest BCUT2D eigenvalue weighted by molar-refractivity contribution is 7.89. The van der Waals surface area contributed by atoms with E-state index in [1.807, 2.05) is 30.3 Å². The van der Waals surface area contributed by atoms with Crippen molar-refractivity contribution in [3.8, 4) is 5.75 Å². The van der Waals surface area contributed by atoms with Gasteiger partial charge in [0, 0.05) is 7.05 Å². The minimum Gasteiger partial charge on any atom is -0.504 e. The van der Waals surface area contributed by atoms with Crippen molar-refractivity contribution in [3.63, 3.8) is 0 Å². The van der Waals surface area contributed by atoms with Crippen molar-refractivity contribution in [2.45, 2.75) is 42.9 Å². The fourth-order valence-electron chi connectivity index (χ4n) is 4.16. The van der Waals surface area contributed by atoms with E-state index in [1.165, 1.54) is 12.1 Å². The van der Waals surface area contributed by atoms with Crippen molar-refractivity contribution in [1.29, 1.82) is 0 Å². The summed E-state index contributed by atoms with van der Waals surface area (Å²) in [5.41, 5.74) is -0.581. The molecule has 0 amide bonds. The van der Waals surface area contributed by atoms with Gasteiger partial charge in [-0.2, -0.15) is 0 Å². The van der Waals surface area contributed by atoms with E-state index in [0.717, 1.165) is 39.0 Å². The summed E-state index contributed by atoms with van der Waals surface area (Å²) in [6.07, 6.45) is 2.28. The first-order valence-electron chi connectivity index (χ1n) is 11.2. The van der Waals surface area contributed by atoms with Gasteiger partial charge in [-0.15, -0.1) is 0 Å². The molecular formula is C24H26ClN3O7S. The van der Waals surface area contributed by atoms with Gasteiger partial charge in [0.1, 0.15) is 16.3 Å². The number of rotatable bonds is 10. The molecular weight excluding hydrogens is 510 g/mol. The summed E-state index contributed by atoms with van der Waals surface area (Å²) in [5.74, 6) is -0.713. The second-order valence-corrected chi connectivity index (χ2v) is 10.7. The number of benzene rings is 2. The van der Waals surface area contributed by atoms with Crippen LogP contribution in [-0.4, -0.2) is 44.3 Å². The third-order valence-corrected chi connectivity index (χ3v) is 8.38. The van der Waals surface area contributed by atoms with Crippen molar-refractivity contribution in [2.24, 2.45) is 0 Å². The second kappa shape index (κ2) is 10.6. The lowest BCUT2D eigenvalue weighted by Gasteiger charge is -2.25. The van der Waals surface area contributed by atoms with Crippen LogP contribution in [0, 0.1) is 0 Å². The molecule has 12 heteroatoms. The number of ether oxygens (including phenoxy) is 1. The topological polar surface area (TPSA) is 134 Å². The summed E-state index contributed by atoms with van der Waals surface area (Å²) in [5, 5.41) is 16.3. The van der Waals surface area contributed by atoms with E-state index in [2.05, 4.69) is 10.6 Å². The number of nitrogens with zero attached hydrogens (tertiary/aromatic N) is 1. The monoisotopic (exact) mass is 535 g/mol. The van der Waals surface area contributed by atoms with E-state index in [9.17, 15) is 23.1 Å². The summed E-state index contributed by atoms with van der Waals surface area (Å²) < 4.78 is 32.0. The lowest BCUT2D eigenvalue weighted by atomic mass is 10.1. The van der Waals surface area contributed by atoms with E-state index in [4.69, 9.17) is 21.2 Å². The van der Waals surface area contributed by atoms with Crippen LogP contribution in [0.3, 0.4) is 0 Å². The van der Waals surface area contributed by atoms with Gasteiger partial charge in [0.25, 0.3) is 20.9 Å². The number of nitrogens with one attached hydrogen (secondary N) is 2. The van der Waals surface area contributed by atoms with Gasteiger partial charge in [-0.3, -0.25) is 14.4 Å². The largest absolute Gasteiger partial charge is 0.504 e. The molecule has 10 nitrogen and oxygen atoms in total. The smallest absolute Gasteiger partial charge is 0.269 e. The molecule has 0 saturated heterocycles. The molecule has 3 aromatic rings. The third kappa shape index (κ3) is 4.97. The molecule has 4 rings (SSSR count). The lowest BCUT2D eigenvalue weighted by molar-refractivity contribution is -0.0259. The summed E-state index contributed by atoms with van der Waals surface area (Å²) in [4.78, 5) is 28.9. The van der Waals surface area contributed by atoms with E-state index in [1.54, 1.807) is 0 Å². The summed E-state index contributed by atoms with van der Waals surface area (Å²) >= 11 is 6.05. The molecule has 192 valence electrons. The maximum atomic E-state index is 12.7. The van der Waals surface area contributed by atoms with Gasteiger partial charge in [-0.25, -0.2) is 8.42 Å². The fraction of sp³-hybridized carbons (Fsp3) is 0.333. The van der Waals surface area contributed by atoms with E-state index < -0.39 is 31.5 Å². The minimum atomic E-state index is -4.30. The Morgan fingerprint density at radius 1 is 1.08 bits per heavy atom. The van der Waals surface area contributed by atoms with E-state index in [-0.39, 0.29) is 34.2 Å². The molecule has 0 heterocycles. The van der Waals surface area contributed by atoms with Crippen LogP contribution in [0.4, 0.5) is 17.1 Å². The van der Waals surface area contributed by atoms with Crippen molar-refractivity contribution in [3.05, 3.63) is 73.5 Å². The Hall–Kier alpha value is -2.96. The number of phenols is 1. The van der Waals surface area contributed by atoms with Crippen LogP contribution >= 0.6 is 11.6 Å². The zero-order valence-electron chi connectivity index (χ0n) is 19.7. The lowest BCUT2D eigenvalue weighted by Crippen LogP contribution is -2.41. The molecule has 0 radical (unpaired) electrons. The van der Waals surface area contributed by atoms with Crippen LogP contribution in [0.25, 0.3) is 0 Å². The molecule has 1 aliphatic rings. The van der Waals surface area contributed by atoms with Crippen LogP contribution in [0.2, 0.25) is 5.02 Å². The number of sulfonamides is 1. The maximum Gasteiger partial charge on any atom is 0.269 e. The minimum absolute atomic E-state index is 0.0629. The zero-order valence-corrected chi connectivity index (χ0v) is 21.2. The van der Waals surface area contributed by atoms with Gasteiger partial charge in [-0.1, -0.05) is 46.4 Å². The molecule has 1 aliphatic carbocycles. The Morgan fingerprint density at radius 3 is 2.47 bits per heavy atom. The standard InChI is InChI=1S/C24H26ClN3O7S/c1-28(34-2)36(32,33)24-15(25)11-12-17(21(24)29)27-20-19(22(30)23(20)31)26-16-9-6-10-18(16)35-13-14-7-4-3-5-8-14/h3-5,7-8,11-12,16,18,26-27,29H,6,9-10,13H2,1-2H3. The number of aromatic hydroxyl groups is 1. The van der Waals surface area contributed by atoms with Crippen LogP contribution in [0.5, 0.6) is 5.75 Å². The Morgan fingerprint density at radius 2 is 1.78 bits per heavy atom. The van der Waals surface area contributed by atoms with Crippen molar-refractivity contribution in [2.75, 3.05) is 24.8 Å². The van der Waals surface area contributed by atoms with Crippen LogP contribution < -0.4 is 21.5 Å². The number of halogens is 1. The molecule has 0 aliphatic heterocycles. The average Bonchev–Trinajstić information content (AvgIpc) is 3.32. The van der Waals surface area contributed by atoms with Crippen molar-refractivity contribution >= 4 is 38.7 Å². The molecule has 1 fully saturated rings. The van der Waals surface area contributed by atoms with Gasteiger partial charge >= 0.3 is 0 Å². The Kier molecular flexibility index (Phi) is 7.67. The van der Waals surface area contributed by atoms with E-state index >= 15 is 0 Å². The van der Waals surface area contributed by atoms with Crippen LogP contribution in [-0.2, 0) is 26.2 Å². The van der Waals surface area contributed by atoms with Crippen LogP contribution in [0.15, 0.2) is 56.9 Å². The SMILES string of the molecule is CON(C)S(=O)(=O)c1c(Cl)ccc(Nc2c(NC3CCCC3OCc3ccccc3)c(=O)c2=O)c1O. The summed E-state index contributed by atoms with van der Waals surface area (Å²) in [6, 6.07) is 12.1. The van der Waals surface area contributed by atoms with Crippen molar-refractivity contribution < 1.29 is 23.1 Å². The van der Waals surface area contributed by atoms with Crippen molar-refractivity contribution in [1.82, 2.24) is 4.47 Å². The molecule has 3 aromatic carbocycles. The predicted molar refractivity (Wildman–Crippen MR) is 136 cm³/mol. The first-order valence-corrected chi connectivity index (χ1v) is 13.0. The Balaban J connectivity index is 1.55. The number of hydrogen-bond acceptors (Lipinski definition) is 9.